The minimum absolute atomic E-state index is 0.485. The van der Waals surface area contributed by atoms with E-state index in [1.165, 1.54) is 17.5 Å². The monoisotopic (exact) mass is 279 g/mol. The van der Waals surface area contributed by atoms with E-state index in [-0.39, 0.29) is 0 Å². The lowest BCUT2D eigenvalue weighted by molar-refractivity contribution is 0.431. The molecule has 1 N–H and O–H groups in total. The van der Waals surface area contributed by atoms with Crippen molar-refractivity contribution in [1.29, 1.82) is 0 Å². The van der Waals surface area contributed by atoms with E-state index in [9.17, 15) is 0 Å². The molecule has 104 valence electrons. The van der Waals surface area contributed by atoms with Gasteiger partial charge < -0.3 is 9.84 Å². The number of benzene rings is 1. The molecule has 0 spiro atoms. The summed E-state index contributed by atoms with van der Waals surface area (Å²) >= 11 is 0. The van der Waals surface area contributed by atoms with Gasteiger partial charge in [0.25, 0.3) is 5.89 Å². The second kappa shape index (κ2) is 5.06. The topological polar surface area (TPSA) is 76.7 Å². The lowest BCUT2D eigenvalue weighted by Gasteiger charge is -2.18. The zero-order valence-electron chi connectivity index (χ0n) is 11.3. The predicted octanol–water partition coefficient (Wildman–Crippen LogP) is 1.84. The predicted molar refractivity (Wildman–Crippen MR) is 76.2 cm³/mol. The summed E-state index contributed by atoms with van der Waals surface area (Å²) in [6, 6.07) is 7.95. The van der Waals surface area contributed by atoms with Gasteiger partial charge in [-0.2, -0.15) is 4.98 Å². The summed E-state index contributed by atoms with van der Waals surface area (Å²) in [6.45, 7) is 1.85. The molecular formula is C15H13N5O. The highest BCUT2D eigenvalue weighted by Crippen LogP contribution is 2.28. The molecule has 3 heterocycles. The maximum absolute atomic E-state index is 5.43. The molecule has 0 atom stereocenters. The molecule has 1 aliphatic rings. The van der Waals surface area contributed by atoms with Crippen LogP contribution in [-0.4, -0.2) is 26.7 Å². The average molecular weight is 279 g/mol. The van der Waals surface area contributed by atoms with Crippen LogP contribution in [0.3, 0.4) is 0 Å². The normalized spacial score (nSPS) is 13.9. The minimum atomic E-state index is 0.485. The zero-order chi connectivity index (χ0) is 14.1. The van der Waals surface area contributed by atoms with Crippen molar-refractivity contribution >= 4 is 0 Å². The summed E-state index contributed by atoms with van der Waals surface area (Å²) in [4.78, 5) is 12.5. The SMILES string of the molecule is c1cc2c(c(-c3nc(-c4ccncn4)no3)c1)CCNC2. The fraction of sp³-hybridized carbons (Fsp3) is 0.200. The first-order valence-electron chi connectivity index (χ1n) is 6.84. The Balaban J connectivity index is 1.77. The third-order valence-corrected chi connectivity index (χ3v) is 3.61. The lowest BCUT2D eigenvalue weighted by Crippen LogP contribution is -2.24. The van der Waals surface area contributed by atoms with Crippen molar-refractivity contribution in [3.63, 3.8) is 0 Å². The van der Waals surface area contributed by atoms with E-state index in [4.69, 9.17) is 4.52 Å². The number of nitrogens with one attached hydrogen (secondary N) is 1. The molecule has 0 bridgehead atoms. The number of hydrogen-bond acceptors (Lipinski definition) is 6. The molecule has 4 rings (SSSR count). The summed E-state index contributed by atoms with van der Waals surface area (Å²) in [5.74, 6) is 1.03. The van der Waals surface area contributed by atoms with Gasteiger partial charge in [0, 0.05) is 18.3 Å². The van der Waals surface area contributed by atoms with Gasteiger partial charge in [0.15, 0.2) is 0 Å². The summed E-state index contributed by atoms with van der Waals surface area (Å²) < 4.78 is 5.43. The Kier molecular flexibility index (Phi) is 2.93. The number of aromatic nitrogens is 4. The van der Waals surface area contributed by atoms with E-state index >= 15 is 0 Å². The largest absolute Gasteiger partial charge is 0.334 e. The van der Waals surface area contributed by atoms with E-state index in [0.29, 0.717) is 17.4 Å². The quantitative estimate of drug-likeness (QED) is 0.771. The number of hydrogen-bond donors (Lipinski definition) is 1. The molecule has 0 saturated carbocycles. The highest BCUT2D eigenvalue weighted by molar-refractivity contribution is 5.63. The van der Waals surface area contributed by atoms with Crippen LogP contribution in [0.4, 0.5) is 0 Å². The van der Waals surface area contributed by atoms with Crippen LogP contribution in [0.5, 0.6) is 0 Å². The van der Waals surface area contributed by atoms with Gasteiger partial charge in [0.1, 0.15) is 12.0 Å². The van der Waals surface area contributed by atoms with Crippen LogP contribution in [0.25, 0.3) is 23.0 Å². The van der Waals surface area contributed by atoms with Crippen LogP contribution in [0, 0.1) is 0 Å². The van der Waals surface area contributed by atoms with E-state index in [1.807, 2.05) is 12.1 Å². The van der Waals surface area contributed by atoms with Crippen molar-refractivity contribution in [3.8, 4) is 23.0 Å². The van der Waals surface area contributed by atoms with E-state index < -0.39 is 0 Å². The number of fused-ring (bicyclic) bond motifs is 1. The molecule has 2 aromatic heterocycles. The molecule has 0 radical (unpaired) electrons. The van der Waals surface area contributed by atoms with Crippen LogP contribution in [0.2, 0.25) is 0 Å². The van der Waals surface area contributed by atoms with Crippen LogP contribution in [0.15, 0.2) is 41.3 Å². The summed E-state index contributed by atoms with van der Waals surface area (Å²) in [5.41, 5.74) is 4.25. The standard InChI is InChI=1S/C15H13N5O/c1-2-10-8-16-6-4-11(10)12(3-1)15-19-14(20-21-15)13-5-7-17-9-18-13/h1-3,5,7,9,16H,4,6,8H2. The van der Waals surface area contributed by atoms with Crippen LogP contribution < -0.4 is 5.32 Å². The Labute approximate surface area is 121 Å². The van der Waals surface area contributed by atoms with Gasteiger partial charge in [-0.15, -0.1) is 0 Å². The molecule has 21 heavy (non-hydrogen) atoms. The highest BCUT2D eigenvalue weighted by atomic mass is 16.5. The van der Waals surface area contributed by atoms with Crippen LogP contribution >= 0.6 is 0 Å². The number of nitrogens with zero attached hydrogens (tertiary/aromatic N) is 4. The smallest absolute Gasteiger partial charge is 0.258 e. The maximum Gasteiger partial charge on any atom is 0.258 e. The average Bonchev–Trinajstić information content (AvgIpc) is 3.05. The van der Waals surface area contributed by atoms with Gasteiger partial charge in [0.2, 0.25) is 5.82 Å². The first kappa shape index (κ1) is 12.2. The van der Waals surface area contributed by atoms with Crippen molar-refractivity contribution in [1.82, 2.24) is 25.4 Å². The lowest BCUT2D eigenvalue weighted by atomic mass is 9.95. The Morgan fingerprint density at radius 3 is 3.10 bits per heavy atom. The third kappa shape index (κ3) is 2.19. The second-order valence-corrected chi connectivity index (χ2v) is 4.89. The second-order valence-electron chi connectivity index (χ2n) is 4.89. The van der Waals surface area contributed by atoms with E-state index in [0.717, 1.165) is 25.1 Å². The highest BCUT2D eigenvalue weighted by Gasteiger charge is 2.18. The Morgan fingerprint density at radius 2 is 2.19 bits per heavy atom. The first-order chi connectivity index (χ1) is 10.4. The summed E-state index contributed by atoms with van der Waals surface area (Å²) in [6.07, 6.45) is 4.10. The minimum Gasteiger partial charge on any atom is -0.334 e. The molecule has 1 aliphatic heterocycles. The van der Waals surface area contributed by atoms with Crippen LogP contribution in [0.1, 0.15) is 11.1 Å². The molecule has 3 aromatic rings. The van der Waals surface area contributed by atoms with E-state index in [1.54, 1.807) is 12.3 Å². The van der Waals surface area contributed by atoms with Crippen LogP contribution in [-0.2, 0) is 13.0 Å². The van der Waals surface area contributed by atoms with Crippen molar-refractivity contribution in [2.75, 3.05) is 6.54 Å². The maximum atomic E-state index is 5.43. The van der Waals surface area contributed by atoms with Gasteiger partial charge in [-0.1, -0.05) is 17.3 Å². The first-order valence-corrected chi connectivity index (χ1v) is 6.84. The van der Waals surface area contributed by atoms with Gasteiger partial charge in [-0.3, -0.25) is 0 Å². The molecule has 6 nitrogen and oxygen atoms in total. The Bertz CT molecular complexity index is 769. The van der Waals surface area contributed by atoms with Crippen molar-refractivity contribution in [2.45, 2.75) is 13.0 Å². The fourth-order valence-electron chi connectivity index (χ4n) is 2.59. The molecule has 0 amide bonds. The van der Waals surface area contributed by atoms with Gasteiger partial charge in [-0.25, -0.2) is 9.97 Å². The van der Waals surface area contributed by atoms with Gasteiger partial charge >= 0.3 is 0 Å². The van der Waals surface area contributed by atoms with E-state index in [2.05, 4.69) is 31.5 Å². The Hall–Kier alpha value is -2.60. The molecule has 0 fully saturated rings. The molecule has 6 heteroatoms. The Morgan fingerprint density at radius 1 is 1.19 bits per heavy atom. The summed E-state index contributed by atoms with van der Waals surface area (Å²) in [7, 11) is 0. The van der Waals surface area contributed by atoms with Crippen molar-refractivity contribution in [2.24, 2.45) is 0 Å². The molecule has 0 aliphatic carbocycles. The zero-order valence-corrected chi connectivity index (χ0v) is 11.3. The summed E-state index contributed by atoms with van der Waals surface area (Å²) in [5, 5.41) is 7.39. The van der Waals surface area contributed by atoms with Gasteiger partial charge in [0.05, 0.1) is 0 Å². The molecule has 0 saturated heterocycles. The van der Waals surface area contributed by atoms with Crippen molar-refractivity contribution < 1.29 is 4.52 Å². The third-order valence-electron chi connectivity index (χ3n) is 3.61. The van der Waals surface area contributed by atoms with Crippen molar-refractivity contribution in [3.05, 3.63) is 47.9 Å². The fourth-order valence-corrected chi connectivity index (χ4v) is 2.59. The molecule has 0 unspecified atom stereocenters. The van der Waals surface area contributed by atoms with Gasteiger partial charge in [-0.05, 0) is 36.2 Å². The molecule has 1 aromatic carbocycles. The molecular weight excluding hydrogens is 266 g/mol. The number of rotatable bonds is 2.